The first kappa shape index (κ1) is 45.6. The zero-order chi connectivity index (χ0) is 47.0. The van der Waals surface area contributed by atoms with Crippen LogP contribution in [-0.4, -0.2) is 71.6 Å². The van der Waals surface area contributed by atoms with E-state index in [9.17, 15) is 57.5 Å². The highest BCUT2D eigenvalue weighted by Crippen LogP contribution is 2.52. The molecule has 0 amide bonds. The number of cyclic esters (lactones) is 12. The molecular weight excluding hydrogens is 877 g/mol. The number of rotatable bonds is 4. The van der Waals surface area contributed by atoms with Crippen molar-refractivity contribution >= 4 is 71.6 Å². The lowest BCUT2D eigenvalue weighted by atomic mass is 9.62. The van der Waals surface area contributed by atoms with Gasteiger partial charge in [0.2, 0.25) is 0 Å². The second kappa shape index (κ2) is 18.1. The highest BCUT2D eigenvalue weighted by Gasteiger charge is 2.57. The van der Waals surface area contributed by atoms with Crippen LogP contribution >= 0.6 is 0 Å². The van der Waals surface area contributed by atoms with E-state index in [-0.39, 0.29) is 137 Å². The van der Waals surface area contributed by atoms with Gasteiger partial charge in [-0.25, -0.2) is 0 Å². The number of esters is 12. The quantitative estimate of drug-likeness (QED) is 0.219. The Morgan fingerprint density at radius 1 is 0.269 bits per heavy atom. The van der Waals surface area contributed by atoms with Crippen molar-refractivity contribution in [1.82, 2.24) is 0 Å². The van der Waals surface area contributed by atoms with Crippen LogP contribution in [0.3, 0.4) is 0 Å². The first-order chi connectivity index (χ1) is 32.1. The molecule has 67 heavy (non-hydrogen) atoms. The molecule has 6 heterocycles. The molecule has 18 atom stereocenters. The molecule has 6 aliphatic heterocycles. The van der Waals surface area contributed by atoms with Crippen LogP contribution in [0.15, 0.2) is 0 Å². The maximum atomic E-state index is 12.0. The predicted octanol–water partition coefficient (Wildman–Crippen LogP) is 4.04. The van der Waals surface area contributed by atoms with Gasteiger partial charge >= 0.3 is 71.6 Å². The molecule has 6 aliphatic carbocycles. The molecule has 6 saturated carbocycles. The molecule has 12 aliphatic rings. The van der Waals surface area contributed by atoms with Crippen molar-refractivity contribution in [3.63, 3.8) is 0 Å². The maximum absolute atomic E-state index is 12.0. The topological polar surface area (TPSA) is 260 Å². The van der Waals surface area contributed by atoms with Gasteiger partial charge in [0.15, 0.2) is 0 Å². The van der Waals surface area contributed by atoms with E-state index >= 15 is 0 Å². The van der Waals surface area contributed by atoms with Gasteiger partial charge in [0.1, 0.15) is 0 Å². The Hall–Kier alpha value is -5.16. The standard InChI is InChI=1S/C17H20O6.2C16H18O6/c18-14-10-3-1-8(6-12(10)16(20)22-14)5-9-2-4-11-13(7-9)17(21)23-15(11)19;17-13-9-3-1-7(5-11(9)15(19)21-13)8-2-4-10-12(6-8)16(20)22-14(10)18;17-13-9-5-4-7(6-11(9)15(19)21-13)8-2-1-3-10-12(8)16(20)22-14(10)18/h8-13H,1-7H2;2*7-12H,1-6H2. The number of carbonyl (C=O) groups excluding carboxylic acids is 12. The molecular formula is C49H56O18. The summed E-state index contributed by atoms with van der Waals surface area (Å²) < 4.78 is 28.6. The Kier molecular flexibility index (Phi) is 12.3. The number of hydrogen-bond donors (Lipinski definition) is 0. The fraction of sp³-hybridized carbons (Fsp3) is 0.755. The van der Waals surface area contributed by atoms with E-state index in [0.29, 0.717) is 81.5 Å². The summed E-state index contributed by atoms with van der Waals surface area (Å²) >= 11 is 0. The van der Waals surface area contributed by atoms with Gasteiger partial charge in [0.25, 0.3) is 0 Å². The molecule has 18 heteroatoms. The van der Waals surface area contributed by atoms with Gasteiger partial charge in [-0.15, -0.1) is 0 Å². The third-order valence-corrected chi connectivity index (χ3v) is 18.3. The van der Waals surface area contributed by atoms with Crippen molar-refractivity contribution in [2.45, 2.75) is 122 Å². The molecule has 18 unspecified atom stereocenters. The van der Waals surface area contributed by atoms with Gasteiger partial charge < -0.3 is 28.4 Å². The Balaban J connectivity index is 0.000000118. The Bertz CT molecular complexity index is 2090. The minimum Gasteiger partial charge on any atom is -0.393 e. The van der Waals surface area contributed by atoms with Crippen molar-refractivity contribution in [3.05, 3.63) is 0 Å². The van der Waals surface area contributed by atoms with E-state index in [4.69, 9.17) is 28.4 Å². The summed E-state index contributed by atoms with van der Waals surface area (Å²) in [6.07, 6.45) is 14.7. The number of ether oxygens (including phenoxy) is 6. The first-order valence-corrected chi connectivity index (χ1v) is 24.7. The zero-order valence-corrected chi connectivity index (χ0v) is 37.2. The maximum Gasteiger partial charge on any atom is 0.317 e. The van der Waals surface area contributed by atoms with Crippen LogP contribution in [0.1, 0.15) is 122 Å². The molecule has 12 fully saturated rings. The lowest BCUT2D eigenvalue weighted by molar-refractivity contribution is -0.156. The Morgan fingerprint density at radius 2 is 0.567 bits per heavy atom. The van der Waals surface area contributed by atoms with Crippen molar-refractivity contribution in [3.8, 4) is 0 Å². The highest BCUT2D eigenvalue weighted by molar-refractivity contribution is 5.99. The molecule has 0 spiro atoms. The normalized spacial score (nSPS) is 43.9. The van der Waals surface area contributed by atoms with Gasteiger partial charge in [-0.2, -0.15) is 0 Å². The van der Waals surface area contributed by atoms with E-state index in [2.05, 4.69) is 0 Å². The molecule has 0 aromatic rings. The second-order valence-electron chi connectivity index (χ2n) is 21.5. The number of hydrogen-bond acceptors (Lipinski definition) is 18. The van der Waals surface area contributed by atoms with Crippen molar-refractivity contribution in [2.75, 3.05) is 0 Å². The van der Waals surface area contributed by atoms with E-state index < -0.39 is 17.9 Å². The third kappa shape index (κ3) is 8.45. The highest BCUT2D eigenvalue weighted by atomic mass is 16.6. The van der Waals surface area contributed by atoms with Gasteiger partial charge in [-0.05, 0) is 151 Å². The smallest absolute Gasteiger partial charge is 0.317 e. The second-order valence-corrected chi connectivity index (χ2v) is 21.5. The van der Waals surface area contributed by atoms with E-state index in [1.807, 2.05) is 0 Å². The Labute approximate surface area is 385 Å². The van der Waals surface area contributed by atoms with Gasteiger partial charge in [0.05, 0.1) is 71.0 Å². The van der Waals surface area contributed by atoms with Gasteiger partial charge in [-0.1, -0.05) is 6.42 Å². The summed E-state index contributed by atoms with van der Waals surface area (Å²) in [4.78, 5) is 141. The van der Waals surface area contributed by atoms with Crippen molar-refractivity contribution in [1.29, 1.82) is 0 Å². The SMILES string of the molecule is O=C1OC(=O)C2CC(C3CCC4C(=O)OC(=O)C4C3)CCC12.O=C1OC(=O)C2CC(C3CCCC4C(=O)OC(=O)C43)CCC12.O=C1OC(=O)C2CC(CC3CCC4C(=O)OC(=O)C4C3)CCC12. The summed E-state index contributed by atoms with van der Waals surface area (Å²) in [5, 5.41) is 0. The molecule has 0 aromatic carbocycles. The monoisotopic (exact) mass is 932 g/mol. The molecule has 360 valence electrons. The first-order valence-electron chi connectivity index (χ1n) is 24.7. The molecule has 6 saturated heterocycles. The average Bonchev–Trinajstić information content (AvgIpc) is 4.11. The van der Waals surface area contributed by atoms with Crippen molar-refractivity contribution < 1.29 is 86.0 Å². The van der Waals surface area contributed by atoms with Gasteiger partial charge in [0, 0.05) is 0 Å². The minimum absolute atomic E-state index is 0.0853. The van der Waals surface area contributed by atoms with Crippen LogP contribution in [-0.2, 0) is 86.0 Å². The van der Waals surface area contributed by atoms with Crippen LogP contribution in [0.2, 0.25) is 0 Å². The predicted molar refractivity (Wildman–Crippen MR) is 217 cm³/mol. The number of fused-ring (bicyclic) bond motifs is 6. The van der Waals surface area contributed by atoms with E-state index in [0.717, 1.165) is 64.2 Å². The summed E-state index contributed by atoms with van der Waals surface area (Å²) in [5.74, 6) is -6.32. The summed E-state index contributed by atoms with van der Waals surface area (Å²) in [6.45, 7) is 0. The lowest BCUT2D eigenvalue weighted by Gasteiger charge is -2.39. The molecule has 0 bridgehead atoms. The van der Waals surface area contributed by atoms with Gasteiger partial charge in [-0.3, -0.25) is 57.5 Å². The van der Waals surface area contributed by atoms with Crippen molar-refractivity contribution in [2.24, 2.45) is 107 Å². The summed E-state index contributed by atoms with van der Waals surface area (Å²) in [6, 6.07) is 0. The van der Waals surface area contributed by atoms with Crippen LogP contribution in [0.5, 0.6) is 0 Å². The fourth-order valence-electron chi connectivity index (χ4n) is 14.8. The largest absolute Gasteiger partial charge is 0.393 e. The molecule has 18 nitrogen and oxygen atoms in total. The molecule has 12 rings (SSSR count). The third-order valence-electron chi connectivity index (χ3n) is 18.3. The Morgan fingerprint density at radius 3 is 0.970 bits per heavy atom. The van der Waals surface area contributed by atoms with E-state index in [1.165, 1.54) is 0 Å². The molecule has 0 N–H and O–H groups in total. The summed E-state index contributed by atoms with van der Waals surface area (Å²) in [5.41, 5.74) is 0. The zero-order valence-electron chi connectivity index (χ0n) is 37.2. The molecule has 0 radical (unpaired) electrons. The summed E-state index contributed by atoms with van der Waals surface area (Å²) in [7, 11) is 0. The number of carbonyl (C=O) groups is 12. The van der Waals surface area contributed by atoms with Crippen LogP contribution in [0.25, 0.3) is 0 Å². The fourth-order valence-corrected chi connectivity index (χ4v) is 14.8. The molecule has 0 aromatic heterocycles. The van der Waals surface area contributed by atoms with Crippen LogP contribution < -0.4 is 0 Å². The van der Waals surface area contributed by atoms with Crippen LogP contribution in [0.4, 0.5) is 0 Å². The minimum atomic E-state index is -0.419. The average molecular weight is 933 g/mol. The van der Waals surface area contributed by atoms with E-state index in [1.54, 1.807) is 0 Å². The lowest BCUT2D eigenvalue weighted by Crippen LogP contribution is -2.39. The van der Waals surface area contributed by atoms with Crippen LogP contribution in [0, 0.1) is 107 Å².